The summed E-state index contributed by atoms with van der Waals surface area (Å²) in [6.07, 6.45) is 6.09. The summed E-state index contributed by atoms with van der Waals surface area (Å²) in [4.78, 5) is 17.4. The first-order valence-corrected chi connectivity index (χ1v) is 10.8. The number of amides is 2. The van der Waals surface area contributed by atoms with E-state index in [-0.39, 0.29) is 17.1 Å². The van der Waals surface area contributed by atoms with Gasteiger partial charge in [-0.05, 0) is 63.5 Å². The van der Waals surface area contributed by atoms with Gasteiger partial charge < -0.3 is 9.88 Å². The summed E-state index contributed by atoms with van der Waals surface area (Å²) in [5.74, 6) is 0. The third-order valence-electron chi connectivity index (χ3n) is 7.48. The highest BCUT2D eigenvalue weighted by atomic mass is 16.2. The maximum atomic E-state index is 13.1. The maximum Gasteiger partial charge on any atom is 0.322 e. The fourth-order valence-electron chi connectivity index (χ4n) is 5.59. The largest absolute Gasteiger partial charge is 0.350 e. The normalized spacial score (nSPS) is 26.7. The Kier molecular flexibility index (Phi) is 4.40. The molecule has 0 atom stereocenters. The van der Waals surface area contributed by atoms with Gasteiger partial charge in [-0.2, -0.15) is 0 Å². The van der Waals surface area contributed by atoms with Crippen LogP contribution in [0.4, 0.5) is 10.5 Å². The molecule has 5 rings (SSSR count). The Morgan fingerprint density at radius 2 is 1.67 bits per heavy atom. The molecule has 2 aliphatic rings. The van der Waals surface area contributed by atoms with Crippen LogP contribution in [0.5, 0.6) is 0 Å². The number of aryl methyl sites for hydroxylation is 1. The first kappa shape index (κ1) is 19.2. The van der Waals surface area contributed by atoms with Crippen molar-refractivity contribution in [1.29, 1.82) is 0 Å². The SMILES string of the molecule is Cn1ccc2c(N3C[C@]4(CC[C@](c5ccccc5)(N(C)C)CC4)NC3=O)cccc21. The highest BCUT2D eigenvalue weighted by molar-refractivity contribution is 6.04. The van der Waals surface area contributed by atoms with Crippen LogP contribution in [-0.4, -0.2) is 41.7 Å². The van der Waals surface area contributed by atoms with E-state index in [1.807, 2.05) is 18.0 Å². The Bertz CT molecular complexity index is 1080. The molecule has 1 N–H and O–H groups in total. The molecular formula is C25H30N4O. The number of nitrogens with one attached hydrogen (secondary N) is 1. The van der Waals surface area contributed by atoms with E-state index in [2.05, 4.69) is 83.6 Å². The topological polar surface area (TPSA) is 40.5 Å². The third kappa shape index (κ3) is 2.83. The van der Waals surface area contributed by atoms with Crippen molar-refractivity contribution < 1.29 is 4.79 Å². The monoisotopic (exact) mass is 402 g/mol. The van der Waals surface area contributed by atoms with Crippen LogP contribution in [0.1, 0.15) is 31.2 Å². The number of carbonyl (C=O) groups excluding carboxylic acids is 1. The summed E-state index contributed by atoms with van der Waals surface area (Å²) in [5, 5.41) is 4.51. The smallest absolute Gasteiger partial charge is 0.322 e. The van der Waals surface area contributed by atoms with Crippen LogP contribution in [0.25, 0.3) is 10.9 Å². The fraction of sp³-hybridized carbons (Fsp3) is 0.400. The molecule has 0 radical (unpaired) electrons. The van der Waals surface area contributed by atoms with E-state index in [1.165, 1.54) is 5.56 Å². The molecule has 2 aromatic carbocycles. The van der Waals surface area contributed by atoms with Crippen LogP contribution < -0.4 is 10.2 Å². The Morgan fingerprint density at radius 1 is 0.933 bits per heavy atom. The Morgan fingerprint density at radius 3 is 2.37 bits per heavy atom. The molecule has 0 bridgehead atoms. The molecule has 1 saturated carbocycles. The predicted molar refractivity (Wildman–Crippen MR) is 122 cm³/mol. The number of aromatic nitrogens is 1. The van der Waals surface area contributed by atoms with E-state index < -0.39 is 0 Å². The van der Waals surface area contributed by atoms with Crippen LogP contribution in [-0.2, 0) is 12.6 Å². The van der Waals surface area contributed by atoms with Crippen LogP contribution in [0, 0.1) is 0 Å². The van der Waals surface area contributed by atoms with Gasteiger partial charge in [-0.3, -0.25) is 9.80 Å². The number of rotatable bonds is 3. The fourth-order valence-corrected chi connectivity index (χ4v) is 5.59. The van der Waals surface area contributed by atoms with Gasteiger partial charge in [0.15, 0.2) is 0 Å². The molecule has 30 heavy (non-hydrogen) atoms. The van der Waals surface area contributed by atoms with Crippen LogP contribution in [0.15, 0.2) is 60.8 Å². The average Bonchev–Trinajstić information content (AvgIpc) is 3.29. The molecule has 2 heterocycles. The zero-order valence-corrected chi connectivity index (χ0v) is 18.1. The number of anilines is 1. The second-order valence-electron chi connectivity index (χ2n) is 9.23. The summed E-state index contributed by atoms with van der Waals surface area (Å²) in [6.45, 7) is 0.734. The lowest BCUT2D eigenvalue weighted by Crippen LogP contribution is -2.54. The molecule has 1 aromatic heterocycles. The summed E-state index contributed by atoms with van der Waals surface area (Å²) in [6, 6.07) is 19.2. The van der Waals surface area contributed by atoms with Crippen molar-refractivity contribution in [3.05, 3.63) is 66.4 Å². The molecule has 1 saturated heterocycles. The second-order valence-corrected chi connectivity index (χ2v) is 9.23. The number of nitrogens with zero attached hydrogens (tertiary/aromatic N) is 3. The Hall–Kier alpha value is -2.79. The van der Waals surface area contributed by atoms with Crippen LogP contribution >= 0.6 is 0 Å². The number of carbonyl (C=O) groups is 1. The minimum absolute atomic E-state index is 0.0309. The lowest BCUT2D eigenvalue weighted by molar-refractivity contribution is 0.0658. The number of fused-ring (bicyclic) bond motifs is 1. The summed E-state index contributed by atoms with van der Waals surface area (Å²) in [5.41, 5.74) is 3.42. The average molecular weight is 403 g/mol. The van der Waals surface area contributed by atoms with Crippen LogP contribution in [0.2, 0.25) is 0 Å². The lowest BCUT2D eigenvalue weighted by Gasteiger charge is -2.48. The number of urea groups is 1. The van der Waals surface area contributed by atoms with Crippen molar-refractivity contribution in [2.24, 2.45) is 7.05 Å². The van der Waals surface area contributed by atoms with Gasteiger partial charge in [0.05, 0.1) is 17.8 Å². The van der Waals surface area contributed by atoms with Crippen molar-refractivity contribution in [3.63, 3.8) is 0 Å². The van der Waals surface area contributed by atoms with Crippen molar-refractivity contribution in [2.45, 2.75) is 36.8 Å². The molecule has 5 nitrogen and oxygen atoms in total. The van der Waals surface area contributed by atoms with Gasteiger partial charge in [0.1, 0.15) is 0 Å². The summed E-state index contributed by atoms with van der Waals surface area (Å²) >= 11 is 0. The van der Waals surface area contributed by atoms with Gasteiger partial charge in [0, 0.05) is 29.7 Å². The van der Waals surface area contributed by atoms with Gasteiger partial charge in [0.25, 0.3) is 0 Å². The minimum atomic E-state index is -0.150. The quantitative estimate of drug-likeness (QED) is 0.702. The molecular weight excluding hydrogens is 372 g/mol. The standard InChI is InChI=1S/C25H30N4O/c1-27(2)25(19-8-5-4-6-9-19)15-13-24(14-16-25)18-29(23(30)26-24)22-11-7-10-21-20(22)12-17-28(21)3/h4-12,17H,13-16,18H2,1-3H3,(H,26,30)/t24-,25+. The van der Waals surface area contributed by atoms with Crippen LogP contribution in [0.3, 0.4) is 0 Å². The van der Waals surface area contributed by atoms with Gasteiger partial charge in [-0.15, -0.1) is 0 Å². The van der Waals surface area contributed by atoms with E-state index in [0.717, 1.165) is 48.8 Å². The Labute approximate surface area is 178 Å². The predicted octanol–water partition coefficient (Wildman–Crippen LogP) is 4.48. The Balaban J connectivity index is 1.42. The highest BCUT2D eigenvalue weighted by Crippen LogP contribution is 2.46. The maximum absolute atomic E-state index is 13.1. The zero-order chi connectivity index (χ0) is 20.9. The van der Waals surface area contributed by atoms with E-state index in [9.17, 15) is 4.79 Å². The number of hydrogen-bond donors (Lipinski definition) is 1. The lowest BCUT2D eigenvalue weighted by atomic mass is 9.69. The molecule has 1 aliphatic carbocycles. The number of hydrogen-bond acceptors (Lipinski definition) is 2. The highest BCUT2D eigenvalue weighted by Gasteiger charge is 2.50. The van der Waals surface area contributed by atoms with E-state index in [4.69, 9.17) is 0 Å². The zero-order valence-electron chi connectivity index (χ0n) is 18.1. The van der Waals surface area contributed by atoms with E-state index in [0.29, 0.717) is 0 Å². The molecule has 1 spiro atoms. The van der Waals surface area contributed by atoms with E-state index >= 15 is 0 Å². The second kappa shape index (κ2) is 6.88. The molecule has 0 unspecified atom stereocenters. The molecule has 2 fully saturated rings. The summed E-state index contributed by atoms with van der Waals surface area (Å²) < 4.78 is 2.11. The van der Waals surface area contributed by atoms with Crippen molar-refractivity contribution >= 4 is 22.6 Å². The minimum Gasteiger partial charge on any atom is -0.350 e. The molecule has 5 heteroatoms. The first-order valence-electron chi connectivity index (χ1n) is 10.8. The van der Waals surface area contributed by atoms with Gasteiger partial charge in [-0.1, -0.05) is 36.4 Å². The van der Waals surface area contributed by atoms with Gasteiger partial charge in [0.2, 0.25) is 0 Å². The van der Waals surface area contributed by atoms with E-state index in [1.54, 1.807) is 0 Å². The summed E-state index contributed by atoms with van der Waals surface area (Å²) in [7, 11) is 6.41. The first-order chi connectivity index (χ1) is 14.4. The molecule has 3 aromatic rings. The van der Waals surface area contributed by atoms with Crippen molar-refractivity contribution in [1.82, 2.24) is 14.8 Å². The van der Waals surface area contributed by atoms with Crippen molar-refractivity contribution in [3.8, 4) is 0 Å². The molecule has 156 valence electrons. The van der Waals surface area contributed by atoms with Gasteiger partial charge >= 0.3 is 6.03 Å². The number of benzene rings is 2. The molecule has 2 amide bonds. The third-order valence-corrected chi connectivity index (χ3v) is 7.48. The molecule has 1 aliphatic heterocycles. The van der Waals surface area contributed by atoms with Crippen molar-refractivity contribution in [2.75, 3.05) is 25.5 Å². The van der Waals surface area contributed by atoms with Gasteiger partial charge in [-0.25, -0.2) is 4.79 Å².